The summed E-state index contributed by atoms with van der Waals surface area (Å²) in [5.74, 6) is -0.836. The van der Waals surface area contributed by atoms with E-state index in [1.54, 1.807) is 0 Å². The van der Waals surface area contributed by atoms with Crippen LogP contribution in [0, 0.1) is 0 Å². The lowest BCUT2D eigenvalue weighted by Crippen LogP contribution is -2.29. The number of esters is 2. The Hall–Kier alpha value is -1.51. The minimum Gasteiger partial charge on any atom is -0.462 e. The summed E-state index contributed by atoms with van der Waals surface area (Å²) >= 11 is 0. The van der Waals surface area contributed by atoms with Crippen molar-refractivity contribution in [3.63, 3.8) is 0 Å². The molecule has 0 aliphatic carbocycles. The van der Waals surface area contributed by atoms with E-state index >= 15 is 0 Å². The third-order valence-corrected chi connectivity index (χ3v) is 9.07. The number of carbonyl (C=O) groups excluding carboxylic acids is 2. The Labute approximate surface area is 293 Å². The average molecular weight is 702 g/mol. The van der Waals surface area contributed by atoms with Gasteiger partial charge in [-0.3, -0.25) is 18.6 Å². The molecule has 0 bridgehead atoms. The smallest absolute Gasteiger partial charge is 0.462 e. The predicted molar refractivity (Wildman–Crippen MR) is 197 cm³/mol. The molecule has 0 spiro atoms. The van der Waals surface area contributed by atoms with Gasteiger partial charge >= 0.3 is 19.8 Å². The highest BCUT2D eigenvalue weighted by molar-refractivity contribution is 7.47. The maximum absolute atomic E-state index is 12.5. The molecule has 0 aromatic rings. The Morgan fingerprint density at radius 1 is 0.625 bits per heavy atom. The summed E-state index contributed by atoms with van der Waals surface area (Å²) in [6.07, 6.45) is 35.0. The van der Waals surface area contributed by atoms with Gasteiger partial charge in [-0.25, -0.2) is 4.57 Å². The third-order valence-electron chi connectivity index (χ3n) is 8.09. The molecule has 3 N–H and O–H groups in total. The van der Waals surface area contributed by atoms with Crippen LogP contribution in [0.2, 0.25) is 0 Å². The van der Waals surface area contributed by atoms with Gasteiger partial charge < -0.3 is 20.1 Å². The summed E-state index contributed by atoms with van der Waals surface area (Å²) in [5, 5.41) is 0. The first-order valence-electron chi connectivity index (χ1n) is 19.3. The number of carbonyl (C=O) groups is 2. The first kappa shape index (κ1) is 46.5. The third kappa shape index (κ3) is 34.4. The molecule has 0 radical (unpaired) electrons. The number of rotatable bonds is 36. The molecule has 0 aliphatic heterocycles. The number of hydrogen-bond donors (Lipinski definition) is 2. The summed E-state index contributed by atoms with van der Waals surface area (Å²) < 4.78 is 32.6. The van der Waals surface area contributed by atoms with Crippen LogP contribution in [0.4, 0.5) is 0 Å². The summed E-state index contributed by atoms with van der Waals surface area (Å²) in [6, 6.07) is 0. The Kier molecular flexibility index (Phi) is 34.2. The van der Waals surface area contributed by atoms with Gasteiger partial charge in [-0.1, -0.05) is 141 Å². The second-order valence-corrected chi connectivity index (χ2v) is 14.3. The SMILES string of the molecule is CCCCC/C=C/C/C=C/CCCCCCCCCCCC(=O)O[C@H](COC(=O)CCCCCCCCCC)COP(=O)(O)OCCN. The lowest BCUT2D eigenvalue weighted by atomic mass is 10.1. The van der Waals surface area contributed by atoms with E-state index in [4.69, 9.17) is 24.3 Å². The van der Waals surface area contributed by atoms with E-state index in [1.165, 1.54) is 89.9 Å². The van der Waals surface area contributed by atoms with Crippen molar-refractivity contribution in [1.82, 2.24) is 0 Å². The maximum atomic E-state index is 12.5. The summed E-state index contributed by atoms with van der Waals surface area (Å²) in [7, 11) is -4.36. The molecule has 1 unspecified atom stereocenters. The molecule has 0 saturated heterocycles. The van der Waals surface area contributed by atoms with Crippen LogP contribution < -0.4 is 5.73 Å². The topological polar surface area (TPSA) is 134 Å². The monoisotopic (exact) mass is 701 g/mol. The van der Waals surface area contributed by atoms with Crippen LogP contribution in [-0.2, 0) is 32.7 Å². The van der Waals surface area contributed by atoms with Gasteiger partial charge in [0.2, 0.25) is 0 Å². The minimum absolute atomic E-state index is 0.0538. The first-order valence-corrected chi connectivity index (χ1v) is 20.8. The zero-order chi connectivity index (χ0) is 35.4. The standard InChI is InChI=1S/C38H72NO8P/c1-3-5-7-9-11-13-14-15-16-17-18-19-20-21-22-23-25-27-29-31-38(41)47-36(35-46-48(42,43)45-33-32-39)34-44-37(40)30-28-26-24-12-10-8-6-4-2/h11,13,15-16,36H,3-10,12,14,17-35,39H2,1-2H3,(H,42,43)/b13-11+,16-15+/t36-/m1/s1. The van der Waals surface area contributed by atoms with Crippen molar-refractivity contribution >= 4 is 19.8 Å². The van der Waals surface area contributed by atoms with E-state index in [1.807, 2.05) is 0 Å². The number of allylic oxidation sites excluding steroid dienone is 4. The second kappa shape index (κ2) is 35.3. The molecule has 0 heterocycles. The van der Waals surface area contributed by atoms with E-state index in [2.05, 4.69) is 38.2 Å². The molecule has 282 valence electrons. The maximum Gasteiger partial charge on any atom is 0.472 e. The molecule has 0 rings (SSSR count). The van der Waals surface area contributed by atoms with Crippen LogP contribution in [0.1, 0.15) is 174 Å². The molecular weight excluding hydrogens is 629 g/mol. The van der Waals surface area contributed by atoms with Gasteiger partial charge in [-0.2, -0.15) is 0 Å². The Balaban J connectivity index is 4.13. The average Bonchev–Trinajstić information content (AvgIpc) is 3.07. The highest BCUT2D eigenvalue weighted by Crippen LogP contribution is 2.43. The van der Waals surface area contributed by atoms with E-state index in [0.717, 1.165) is 51.4 Å². The summed E-state index contributed by atoms with van der Waals surface area (Å²) in [6.45, 7) is 3.66. The van der Waals surface area contributed by atoms with E-state index in [-0.39, 0.29) is 38.6 Å². The van der Waals surface area contributed by atoms with Crippen LogP contribution in [0.5, 0.6) is 0 Å². The second-order valence-electron chi connectivity index (χ2n) is 12.8. The van der Waals surface area contributed by atoms with Crippen molar-refractivity contribution in [2.24, 2.45) is 5.73 Å². The molecule has 9 nitrogen and oxygen atoms in total. The van der Waals surface area contributed by atoms with Crippen molar-refractivity contribution in [1.29, 1.82) is 0 Å². The van der Waals surface area contributed by atoms with Crippen molar-refractivity contribution in [3.8, 4) is 0 Å². The Morgan fingerprint density at radius 3 is 1.62 bits per heavy atom. The van der Waals surface area contributed by atoms with Gasteiger partial charge in [0.05, 0.1) is 13.2 Å². The van der Waals surface area contributed by atoms with Crippen LogP contribution in [0.15, 0.2) is 24.3 Å². The van der Waals surface area contributed by atoms with E-state index in [9.17, 15) is 19.0 Å². The number of nitrogens with two attached hydrogens (primary N) is 1. The highest BCUT2D eigenvalue weighted by atomic mass is 31.2. The Bertz CT molecular complexity index is 851. The largest absolute Gasteiger partial charge is 0.472 e. The fraction of sp³-hybridized carbons (Fsp3) is 0.842. The highest BCUT2D eigenvalue weighted by Gasteiger charge is 2.25. The predicted octanol–water partition coefficient (Wildman–Crippen LogP) is 10.4. The number of phosphoric acid groups is 1. The fourth-order valence-electron chi connectivity index (χ4n) is 5.19. The number of ether oxygens (including phenoxy) is 2. The zero-order valence-electron chi connectivity index (χ0n) is 30.7. The quantitative estimate of drug-likeness (QED) is 0.0283. The number of hydrogen-bond acceptors (Lipinski definition) is 8. The summed E-state index contributed by atoms with van der Waals surface area (Å²) in [5.41, 5.74) is 5.32. The van der Waals surface area contributed by atoms with E-state index < -0.39 is 26.5 Å². The van der Waals surface area contributed by atoms with Crippen molar-refractivity contribution < 1.29 is 37.6 Å². The first-order chi connectivity index (χ1) is 23.3. The number of phosphoric ester groups is 1. The Morgan fingerprint density at radius 2 is 1.08 bits per heavy atom. The fourth-order valence-corrected chi connectivity index (χ4v) is 5.96. The molecule has 0 aliphatic rings. The molecule has 2 atom stereocenters. The van der Waals surface area contributed by atoms with Crippen molar-refractivity contribution in [2.45, 2.75) is 180 Å². The molecule has 0 fully saturated rings. The molecule has 0 aromatic carbocycles. The molecule has 0 amide bonds. The molecule has 48 heavy (non-hydrogen) atoms. The van der Waals surface area contributed by atoms with Crippen LogP contribution in [0.3, 0.4) is 0 Å². The normalized spacial score (nSPS) is 13.7. The molecule has 10 heteroatoms. The number of unbranched alkanes of at least 4 members (excludes halogenated alkanes) is 19. The summed E-state index contributed by atoms with van der Waals surface area (Å²) in [4.78, 5) is 34.6. The minimum atomic E-state index is -4.36. The van der Waals surface area contributed by atoms with Gasteiger partial charge in [0.1, 0.15) is 6.61 Å². The van der Waals surface area contributed by atoms with Gasteiger partial charge in [0.15, 0.2) is 6.10 Å². The van der Waals surface area contributed by atoms with Crippen LogP contribution in [0.25, 0.3) is 0 Å². The van der Waals surface area contributed by atoms with Gasteiger partial charge in [-0.05, 0) is 44.9 Å². The van der Waals surface area contributed by atoms with Crippen molar-refractivity contribution in [2.75, 3.05) is 26.4 Å². The van der Waals surface area contributed by atoms with Gasteiger partial charge in [0.25, 0.3) is 0 Å². The van der Waals surface area contributed by atoms with Gasteiger partial charge in [-0.15, -0.1) is 0 Å². The molecule has 0 aromatic heterocycles. The lowest BCUT2D eigenvalue weighted by molar-refractivity contribution is -0.161. The van der Waals surface area contributed by atoms with Crippen LogP contribution >= 0.6 is 7.82 Å². The van der Waals surface area contributed by atoms with Crippen molar-refractivity contribution in [3.05, 3.63) is 24.3 Å². The molecular formula is C38H72NO8P. The molecule has 0 saturated carbocycles. The zero-order valence-corrected chi connectivity index (χ0v) is 31.6. The lowest BCUT2D eigenvalue weighted by Gasteiger charge is -2.19. The van der Waals surface area contributed by atoms with Crippen LogP contribution in [-0.4, -0.2) is 49.3 Å². The van der Waals surface area contributed by atoms with Gasteiger partial charge in [0, 0.05) is 19.4 Å². The van der Waals surface area contributed by atoms with E-state index in [0.29, 0.717) is 6.42 Å².